The zero-order valence-electron chi connectivity index (χ0n) is 19.1. The number of aromatic amines is 1. The molecule has 0 atom stereocenters. The molecule has 0 aliphatic heterocycles. The first-order valence-electron chi connectivity index (χ1n) is 10.6. The molecule has 168 valence electrons. The number of hydrogen-bond donors (Lipinski definition) is 2. The number of nitrogens with zero attached hydrogens (tertiary/aromatic N) is 3. The standard InChI is InChI=1S/C20H25N5O3.C3H8/c1-4-9-25(18(26)12-22-20(27)28-3)13-17-21-11-16(23-17)15-7-5-6-14-8-10-24(2)19(14)15;1-3-2/h5-8,10-11H,4,9,12-13H2,1-3H3,(H,21,23)(H,22,27);3H2,1-2H3. The molecule has 8 heteroatoms. The first-order chi connectivity index (χ1) is 14.9. The number of nitrogens with one attached hydrogen (secondary N) is 2. The summed E-state index contributed by atoms with van der Waals surface area (Å²) < 4.78 is 6.59. The number of imidazole rings is 1. The van der Waals surface area contributed by atoms with Crippen LogP contribution in [-0.2, 0) is 23.1 Å². The summed E-state index contributed by atoms with van der Waals surface area (Å²) in [4.78, 5) is 33.1. The van der Waals surface area contributed by atoms with Crippen LogP contribution in [0.5, 0.6) is 0 Å². The molecule has 0 unspecified atom stereocenters. The predicted octanol–water partition coefficient (Wildman–Crippen LogP) is 4.08. The molecule has 0 saturated carbocycles. The van der Waals surface area contributed by atoms with Crippen molar-refractivity contribution in [2.75, 3.05) is 20.2 Å². The molecular weight excluding hydrogens is 394 g/mol. The Hall–Kier alpha value is -3.29. The number of hydrogen-bond acceptors (Lipinski definition) is 4. The van der Waals surface area contributed by atoms with Crippen molar-refractivity contribution in [1.29, 1.82) is 0 Å². The molecular formula is C23H33N5O3. The number of ether oxygens (including phenoxy) is 1. The molecule has 0 aliphatic carbocycles. The second kappa shape index (κ2) is 11.8. The summed E-state index contributed by atoms with van der Waals surface area (Å²) in [7, 11) is 3.28. The fourth-order valence-corrected chi connectivity index (χ4v) is 3.23. The number of fused-ring (bicyclic) bond motifs is 1. The molecule has 8 nitrogen and oxygen atoms in total. The molecule has 3 rings (SSSR count). The van der Waals surface area contributed by atoms with Crippen molar-refractivity contribution >= 4 is 22.9 Å². The van der Waals surface area contributed by atoms with Crippen LogP contribution in [0.2, 0.25) is 0 Å². The van der Waals surface area contributed by atoms with Crippen LogP contribution < -0.4 is 5.32 Å². The number of H-pyrrole nitrogens is 1. The van der Waals surface area contributed by atoms with E-state index in [-0.39, 0.29) is 12.5 Å². The fraction of sp³-hybridized carbons (Fsp3) is 0.435. The number of carbonyl (C=O) groups excluding carboxylic acids is 2. The summed E-state index contributed by atoms with van der Waals surface area (Å²) in [6, 6.07) is 8.22. The summed E-state index contributed by atoms with van der Waals surface area (Å²) in [5.41, 5.74) is 3.09. The minimum atomic E-state index is -0.624. The van der Waals surface area contributed by atoms with Crippen LogP contribution in [0.1, 0.15) is 39.4 Å². The third-order valence-corrected chi connectivity index (χ3v) is 4.57. The predicted molar refractivity (Wildman–Crippen MR) is 123 cm³/mol. The topological polar surface area (TPSA) is 92.3 Å². The lowest BCUT2D eigenvalue weighted by Crippen LogP contribution is -2.40. The third-order valence-electron chi connectivity index (χ3n) is 4.57. The molecule has 2 heterocycles. The van der Waals surface area contributed by atoms with E-state index in [9.17, 15) is 9.59 Å². The zero-order valence-corrected chi connectivity index (χ0v) is 19.1. The number of carbonyl (C=O) groups is 2. The largest absolute Gasteiger partial charge is 0.453 e. The van der Waals surface area contributed by atoms with Crippen LogP contribution in [-0.4, -0.2) is 51.6 Å². The van der Waals surface area contributed by atoms with Gasteiger partial charge < -0.3 is 24.5 Å². The third kappa shape index (κ3) is 6.34. The number of methoxy groups -OCH3 is 1. The van der Waals surface area contributed by atoms with E-state index in [0.717, 1.165) is 28.6 Å². The van der Waals surface area contributed by atoms with Crippen LogP contribution in [0.25, 0.3) is 22.2 Å². The first kappa shape index (κ1) is 24.0. The van der Waals surface area contributed by atoms with Gasteiger partial charge in [-0.2, -0.15) is 0 Å². The van der Waals surface area contributed by atoms with E-state index < -0.39 is 6.09 Å². The highest BCUT2D eigenvalue weighted by atomic mass is 16.5. The van der Waals surface area contributed by atoms with Crippen molar-refractivity contribution in [2.45, 2.75) is 40.2 Å². The first-order valence-corrected chi connectivity index (χ1v) is 10.6. The maximum Gasteiger partial charge on any atom is 0.407 e. The Morgan fingerprint density at radius 2 is 1.97 bits per heavy atom. The van der Waals surface area contributed by atoms with Gasteiger partial charge in [-0.05, 0) is 12.5 Å². The minimum absolute atomic E-state index is 0.108. The Balaban J connectivity index is 0.00000107. The molecule has 2 aromatic heterocycles. The SMILES string of the molecule is CCC.CCCN(Cc1ncc(-c2cccc3ccn(C)c23)[nH]1)C(=O)CNC(=O)OC. The summed E-state index contributed by atoms with van der Waals surface area (Å²) in [5.74, 6) is 0.510. The van der Waals surface area contributed by atoms with Crippen LogP contribution in [0.4, 0.5) is 4.79 Å². The summed E-state index contributed by atoms with van der Waals surface area (Å²) in [6.07, 6.45) is 5.25. The zero-order chi connectivity index (χ0) is 22.8. The van der Waals surface area contributed by atoms with Crippen molar-refractivity contribution in [3.8, 4) is 11.3 Å². The van der Waals surface area contributed by atoms with Gasteiger partial charge >= 0.3 is 6.09 Å². The minimum Gasteiger partial charge on any atom is -0.453 e. The second-order valence-corrected chi connectivity index (χ2v) is 7.28. The quantitative estimate of drug-likeness (QED) is 0.594. The Bertz CT molecular complexity index is 992. The average Bonchev–Trinajstić information content (AvgIpc) is 3.39. The lowest BCUT2D eigenvalue weighted by molar-refractivity contribution is -0.130. The molecule has 0 fully saturated rings. The Labute approximate surface area is 183 Å². The van der Waals surface area contributed by atoms with Gasteiger partial charge in [0.05, 0.1) is 31.1 Å². The highest BCUT2D eigenvalue weighted by Gasteiger charge is 2.17. The van der Waals surface area contributed by atoms with Gasteiger partial charge in [-0.3, -0.25) is 4.79 Å². The van der Waals surface area contributed by atoms with E-state index in [1.54, 1.807) is 11.1 Å². The van der Waals surface area contributed by atoms with Crippen LogP contribution in [0.15, 0.2) is 36.7 Å². The van der Waals surface area contributed by atoms with Crippen molar-refractivity contribution in [1.82, 2.24) is 24.8 Å². The Morgan fingerprint density at radius 1 is 1.23 bits per heavy atom. The molecule has 2 N–H and O–H groups in total. The summed E-state index contributed by atoms with van der Waals surface area (Å²) in [6.45, 7) is 7.06. The number of amides is 2. The van der Waals surface area contributed by atoms with Crippen molar-refractivity contribution in [3.63, 3.8) is 0 Å². The fourth-order valence-electron chi connectivity index (χ4n) is 3.23. The molecule has 0 saturated heterocycles. The van der Waals surface area contributed by atoms with Crippen molar-refractivity contribution < 1.29 is 14.3 Å². The summed E-state index contributed by atoms with van der Waals surface area (Å²) >= 11 is 0. The van der Waals surface area contributed by atoms with Gasteiger partial charge in [0.25, 0.3) is 0 Å². The van der Waals surface area contributed by atoms with Gasteiger partial charge in [0.2, 0.25) is 5.91 Å². The lowest BCUT2D eigenvalue weighted by atomic mass is 10.1. The molecule has 2 amide bonds. The Kier molecular flexibility index (Phi) is 9.12. The van der Waals surface area contributed by atoms with E-state index in [2.05, 4.69) is 56.6 Å². The smallest absolute Gasteiger partial charge is 0.407 e. The number of rotatable bonds is 7. The molecule has 0 bridgehead atoms. The molecule has 0 aliphatic rings. The van der Waals surface area contributed by atoms with Crippen LogP contribution in [0, 0.1) is 0 Å². The van der Waals surface area contributed by atoms with E-state index >= 15 is 0 Å². The van der Waals surface area contributed by atoms with Crippen LogP contribution in [0.3, 0.4) is 0 Å². The van der Waals surface area contributed by atoms with E-state index in [4.69, 9.17) is 0 Å². The van der Waals surface area contributed by atoms with E-state index in [0.29, 0.717) is 18.9 Å². The van der Waals surface area contributed by atoms with Gasteiger partial charge in [-0.15, -0.1) is 0 Å². The molecule has 0 radical (unpaired) electrons. The maximum absolute atomic E-state index is 12.4. The highest BCUT2D eigenvalue weighted by molar-refractivity contribution is 5.93. The van der Waals surface area contributed by atoms with E-state index in [1.807, 2.05) is 26.2 Å². The lowest BCUT2D eigenvalue weighted by Gasteiger charge is -2.21. The highest BCUT2D eigenvalue weighted by Crippen LogP contribution is 2.27. The number of benzene rings is 1. The van der Waals surface area contributed by atoms with Crippen LogP contribution >= 0.6 is 0 Å². The average molecular weight is 428 g/mol. The number of aryl methyl sites for hydroxylation is 1. The number of alkyl carbamates (subject to hydrolysis) is 1. The van der Waals surface area contributed by atoms with Gasteiger partial charge in [-0.1, -0.05) is 45.4 Å². The van der Waals surface area contributed by atoms with Gasteiger partial charge in [0.1, 0.15) is 12.4 Å². The van der Waals surface area contributed by atoms with Gasteiger partial charge in [0, 0.05) is 30.7 Å². The van der Waals surface area contributed by atoms with Gasteiger partial charge in [-0.25, -0.2) is 9.78 Å². The molecule has 1 aromatic carbocycles. The second-order valence-electron chi connectivity index (χ2n) is 7.28. The normalized spacial score (nSPS) is 10.4. The molecule has 0 spiro atoms. The van der Waals surface area contributed by atoms with Crippen molar-refractivity contribution in [3.05, 3.63) is 42.5 Å². The van der Waals surface area contributed by atoms with Gasteiger partial charge in [0.15, 0.2) is 0 Å². The molecule has 31 heavy (non-hydrogen) atoms. The van der Waals surface area contributed by atoms with Crippen molar-refractivity contribution in [2.24, 2.45) is 7.05 Å². The Morgan fingerprint density at radius 3 is 2.65 bits per heavy atom. The van der Waals surface area contributed by atoms with E-state index in [1.165, 1.54) is 13.5 Å². The summed E-state index contributed by atoms with van der Waals surface area (Å²) in [5, 5.41) is 3.59. The monoisotopic (exact) mass is 427 g/mol. The molecule has 3 aromatic rings. The number of para-hydroxylation sites is 1. The number of aromatic nitrogens is 3. The maximum atomic E-state index is 12.4.